The Balaban J connectivity index is 2.27. The van der Waals surface area contributed by atoms with E-state index in [-0.39, 0.29) is 32.0 Å². The minimum atomic E-state index is -1.59. The molecule has 0 radical (unpaired) electrons. The topological polar surface area (TPSA) is 152 Å². The predicted molar refractivity (Wildman–Crippen MR) is 243 cm³/mol. The Kier molecular flexibility index (Phi) is 38.6. The van der Waals surface area contributed by atoms with Crippen molar-refractivity contribution in [2.45, 2.75) is 263 Å². The van der Waals surface area contributed by atoms with Gasteiger partial charge in [-0.1, -0.05) is 199 Å². The van der Waals surface area contributed by atoms with Gasteiger partial charge in [0.1, 0.15) is 31.0 Å². The van der Waals surface area contributed by atoms with E-state index in [1.54, 1.807) is 0 Å². The summed E-state index contributed by atoms with van der Waals surface area (Å²) in [7, 11) is 0. The molecule has 0 bridgehead atoms. The van der Waals surface area contributed by atoms with Crippen LogP contribution in [0.15, 0.2) is 24.3 Å². The molecule has 0 aliphatic carbocycles. The molecule has 6 atom stereocenters. The average molecular weight is 853 g/mol. The van der Waals surface area contributed by atoms with E-state index in [0.717, 1.165) is 57.8 Å². The largest absolute Gasteiger partial charge is 0.462 e. The summed E-state index contributed by atoms with van der Waals surface area (Å²) in [6.07, 6.45) is 39.0. The minimum absolute atomic E-state index is 0.221. The molecule has 10 heteroatoms. The Morgan fingerprint density at radius 3 is 1.37 bits per heavy atom. The van der Waals surface area contributed by atoms with Crippen molar-refractivity contribution in [2.24, 2.45) is 0 Å². The van der Waals surface area contributed by atoms with Gasteiger partial charge in [0.05, 0.1) is 13.2 Å². The van der Waals surface area contributed by atoms with Crippen molar-refractivity contribution in [2.75, 3.05) is 19.8 Å². The first-order chi connectivity index (χ1) is 29.3. The van der Waals surface area contributed by atoms with E-state index in [4.69, 9.17) is 18.9 Å². The number of hydrogen-bond acceptors (Lipinski definition) is 10. The minimum Gasteiger partial charge on any atom is -0.462 e. The van der Waals surface area contributed by atoms with Crippen molar-refractivity contribution in [3.05, 3.63) is 24.3 Å². The summed E-state index contributed by atoms with van der Waals surface area (Å²) in [4.78, 5) is 25.4. The molecule has 0 aromatic rings. The molecule has 0 aromatic heterocycles. The summed E-state index contributed by atoms with van der Waals surface area (Å²) in [5.74, 6) is -0.813. The summed E-state index contributed by atoms with van der Waals surface area (Å²) >= 11 is 0. The van der Waals surface area contributed by atoms with Crippen LogP contribution in [-0.2, 0) is 28.5 Å². The van der Waals surface area contributed by atoms with E-state index >= 15 is 0 Å². The monoisotopic (exact) mass is 853 g/mol. The summed E-state index contributed by atoms with van der Waals surface area (Å²) in [6.45, 7) is 3.42. The number of carbonyl (C=O) groups excluding carboxylic acids is 2. The fourth-order valence-corrected chi connectivity index (χ4v) is 7.65. The van der Waals surface area contributed by atoms with Crippen LogP contribution in [0.1, 0.15) is 226 Å². The van der Waals surface area contributed by atoms with E-state index in [0.29, 0.717) is 12.8 Å². The first kappa shape index (κ1) is 56.2. The number of unbranched alkanes of at least 4 members (excludes halogenated alkanes) is 28. The highest BCUT2D eigenvalue weighted by Crippen LogP contribution is 2.23. The van der Waals surface area contributed by atoms with Crippen molar-refractivity contribution in [1.82, 2.24) is 0 Å². The summed E-state index contributed by atoms with van der Waals surface area (Å²) in [5.41, 5.74) is 0. The van der Waals surface area contributed by atoms with Crippen molar-refractivity contribution < 1.29 is 49.0 Å². The molecular weight excluding hydrogens is 761 g/mol. The zero-order valence-corrected chi connectivity index (χ0v) is 38.5. The lowest BCUT2D eigenvalue weighted by Crippen LogP contribution is -2.59. The molecule has 4 N–H and O–H groups in total. The van der Waals surface area contributed by atoms with Gasteiger partial charge in [-0.05, 0) is 38.5 Å². The first-order valence-corrected chi connectivity index (χ1v) is 24.9. The van der Waals surface area contributed by atoms with Crippen LogP contribution < -0.4 is 0 Å². The lowest BCUT2D eigenvalue weighted by molar-refractivity contribution is -0.305. The summed E-state index contributed by atoms with van der Waals surface area (Å²) < 4.78 is 22.2. The third-order valence-corrected chi connectivity index (χ3v) is 11.6. The van der Waals surface area contributed by atoms with Gasteiger partial charge < -0.3 is 39.4 Å². The van der Waals surface area contributed by atoms with Gasteiger partial charge in [0, 0.05) is 12.8 Å². The maximum atomic E-state index is 12.8. The second kappa shape index (κ2) is 41.2. The molecule has 1 aliphatic heterocycles. The molecule has 10 nitrogen and oxygen atoms in total. The molecule has 0 aromatic carbocycles. The number of esters is 2. The zero-order valence-electron chi connectivity index (χ0n) is 38.5. The quantitative estimate of drug-likeness (QED) is 0.0265. The number of carbonyl (C=O) groups is 2. The van der Waals surface area contributed by atoms with Gasteiger partial charge in [-0.3, -0.25) is 9.59 Å². The Morgan fingerprint density at radius 1 is 0.517 bits per heavy atom. The van der Waals surface area contributed by atoms with Crippen LogP contribution in [0.5, 0.6) is 0 Å². The third kappa shape index (κ3) is 31.9. The average Bonchev–Trinajstić information content (AvgIpc) is 3.25. The van der Waals surface area contributed by atoms with E-state index in [9.17, 15) is 30.0 Å². The molecule has 1 aliphatic rings. The van der Waals surface area contributed by atoms with Crippen molar-refractivity contribution in [3.8, 4) is 0 Å². The van der Waals surface area contributed by atoms with Crippen LogP contribution in [0.25, 0.3) is 0 Å². The molecule has 2 unspecified atom stereocenters. The third-order valence-electron chi connectivity index (χ3n) is 11.6. The molecule has 1 fully saturated rings. The molecule has 1 heterocycles. The van der Waals surface area contributed by atoms with E-state index in [2.05, 4.69) is 38.2 Å². The van der Waals surface area contributed by atoms with Crippen molar-refractivity contribution >= 4 is 11.9 Å². The maximum absolute atomic E-state index is 12.8. The van der Waals surface area contributed by atoms with Gasteiger partial charge in [0.15, 0.2) is 12.4 Å². The molecule has 0 saturated carbocycles. The molecule has 0 spiro atoms. The van der Waals surface area contributed by atoms with E-state index in [1.807, 2.05) is 0 Å². The lowest BCUT2D eigenvalue weighted by atomic mass is 9.99. The summed E-state index contributed by atoms with van der Waals surface area (Å²) in [6, 6.07) is 0. The van der Waals surface area contributed by atoms with Crippen LogP contribution in [0.4, 0.5) is 0 Å². The molecule has 352 valence electrons. The number of rotatable bonds is 42. The van der Waals surface area contributed by atoms with Crippen molar-refractivity contribution in [1.29, 1.82) is 0 Å². The Morgan fingerprint density at radius 2 is 0.917 bits per heavy atom. The van der Waals surface area contributed by atoms with Crippen LogP contribution in [0.2, 0.25) is 0 Å². The van der Waals surface area contributed by atoms with Gasteiger partial charge in [-0.2, -0.15) is 0 Å². The second-order valence-electron chi connectivity index (χ2n) is 17.3. The standard InChI is InChI=1S/C50H92O10/c1-3-5-7-9-11-13-15-17-19-20-21-22-23-25-27-29-31-33-35-37-39-46(53)59-43(42-58-50-49(56)48(55)47(54)44(40-51)60-50)41-57-45(52)38-36-34-32-30-28-26-24-18-16-14-12-10-8-6-4-2/h14,16,18,24,43-44,47-51,54-56H,3-13,15,17,19-23,25-42H2,1-2H3/b16-14+,24-18+/t43-,44-,47+,48?,49?,50-/m1/s1. The fraction of sp³-hybridized carbons (Fsp3) is 0.880. The SMILES string of the molecule is CCCCCC/C=C/C=C/CCCCCCCC(=O)OC[C@H](CO[C@@H]1O[C@H](CO)[C@H](O)C(O)C1O)OC(=O)CCCCCCCCCCCCCCCCCCCCCC. The normalized spacial score (nSPS) is 20.0. The Bertz CT molecular complexity index is 1030. The molecule has 1 saturated heterocycles. The van der Waals surface area contributed by atoms with Gasteiger partial charge >= 0.3 is 11.9 Å². The zero-order chi connectivity index (χ0) is 43.7. The number of aliphatic hydroxyl groups excluding tert-OH is 4. The smallest absolute Gasteiger partial charge is 0.306 e. The Hall–Kier alpha value is -1.82. The first-order valence-electron chi connectivity index (χ1n) is 24.9. The lowest BCUT2D eigenvalue weighted by Gasteiger charge is -2.39. The molecule has 1 rings (SSSR count). The van der Waals surface area contributed by atoms with Gasteiger partial charge in [-0.15, -0.1) is 0 Å². The Labute approximate surface area is 366 Å². The van der Waals surface area contributed by atoms with E-state index in [1.165, 1.54) is 128 Å². The molecule has 0 amide bonds. The molecule has 60 heavy (non-hydrogen) atoms. The maximum Gasteiger partial charge on any atom is 0.306 e. The fourth-order valence-electron chi connectivity index (χ4n) is 7.65. The second-order valence-corrected chi connectivity index (χ2v) is 17.3. The number of allylic oxidation sites excluding steroid dienone is 4. The van der Waals surface area contributed by atoms with Gasteiger partial charge in [-0.25, -0.2) is 0 Å². The van der Waals surface area contributed by atoms with Crippen LogP contribution in [-0.4, -0.2) is 89.0 Å². The molecular formula is C50H92O10. The van der Waals surface area contributed by atoms with Crippen LogP contribution in [0.3, 0.4) is 0 Å². The predicted octanol–water partition coefficient (Wildman–Crippen LogP) is 11.3. The van der Waals surface area contributed by atoms with Gasteiger partial charge in [0.25, 0.3) is 0 Å². The highest BCUT2D eigenvalue weighted by molar-refractivity contribution is 5.70. The number of aliphatic hydroxyl groups is 4. The highest BCUT2D eigenvalue weighted by atomic mass is 16.7. The van der Waals surface area contributed by atoms with Crippen LogP contribution in [0, 0.1) is 0 Å². The number of ether oxygens (including phenoxy) is 4. The highest BCUT2D eigenvalue weighted by Gasteiger charge is 2.44. The van der Waals surface area contributed by atoms with E-state index < -0.39 is 49.4 Å². The number of hydrogen-bond donors (Lipinski definition) is 4. The van der Waals surface area contributed by atoms with Gasteiger partial charge in [0.2, 0.25) is 0 Å². The summed E-state index contributed by atoms with van der Waals surface area (Å²) in [5, 5.41) is 40.1. The van der Waals surface area contributed by atoms with Crippen molar-refractivity contribution in [3.63, 3.8) is 0 Å². The van der Waals surface area contributed by atoms with Crippen LogP contribution >= 0.6 is 0 Å².